The third-order valence-electron chi connectivity index (χ3n) is 3.56. The van der Waals surface area contributed by atoms with Crippen molar-refractivity contribution in [2.45, 2.75) is 32.2 Å². The number of aromatic nitrogens is 2. The number of hydrogen-bond acceptors (Lipinski definition) is 3. The summed E-state index contributed by atoms with van der Waals surface area (Å²) in [6.45, 7) is 4.34. The predicted molar refractivity (Wildman–Crippen MR) is 72.8 cm³/mol. The number of halogens is 1. The largest absolute Gasteiger partial charge is 0.345 e. The normalized spacial score (nSPS) is 17.8. The Morgan fingerprint density at radius 2 is 2.28 bits per heavy atom. The van der Waals surface area contributed by atoms with Crippen LogP contribution in [0.3, 0.4) is 0 Å². The Bertz CT molecular complexity index is 441. The van der Waals surface area contributed by atoms with Crippen molar-refractivity contribution in [2.24, 2.45) is 18.7 Å². The van der Waals surface area contributed by atoms with Gasteiger partial charge in [0.15, 0.2) is 0 Å². The molecule has 0 radical (unpaired) electrons. The van der Waals surface area contributed by atoms with Crippen LogP contribution >= 0.6 is 12.4 Å². The lowest BCUT2D eigenvalue weighted by atomic mass is 9.95. The molecule has 1 aliphatic rings. The maximum atomic E-state index is 12.2. The monoisotopic (exact) mass is 272 g/mol. The number of carbonyl (C=O) groups is 1. The molecule has 2 rings (SSSR count). The highest BCUT2D eigenvalue weighted by atomic mass is 35.5. The maximum absolute atomic E-state index is 12.2. The van der Waals surface area contributed by atoms with E-state index in [1.165, 1.54) is 0 Å². The topological polar surface area (TPSA) is 72.9 Å². The molecule has 1 heterocycles. The number of aryl methyl sites for hydroxylation is 2. The van der Waals surface area contributed by atoms with Crippen molar-refractivity contribution < 1.29 is 4.79 Å². The van der Waals surface area contributed by atoms with Crippen molar-refractivity contribution in [1.82, 2.24) is 15.1 Å². The lowest BCUT2D eigenvalue weighted by Crippen LogP contribution is -2.53. The zero-order valence-electron chi connectivity index (χ0n) is 11.1. The smallest absolute Gasteiger partial charge is 0.255 e. The Labute approximate surface area is 114 Å². The summed E-state index contributed by atoms with van der Waals surface area (Å²) in [4.78, 5) is 12.2. The van der Waals surface area contributed by atoms with Crippen LogP contribution in [0.4, 0.5) is 0 Å². The van der Waals surface area contributed by atoms with Gasteiger partial charge in [-0.2, -0.15) is 5.10 Å². The van der Waals surface area contributed by atoms with Crippen LogP contribution < -0.4 is 11.1 Å². The zero-order chi connectivity index (χ0) is 12.6. The first-order chi connectivity index (χ1) is 7.96. The van der Waals surface area contributed by atoms with E-state index in [0.29, 0.717) is 18.0 Å². The van der Waals surface area contributed by atoms with E-state index >= 15 is 0 Å². The predicted octanol–water partition coefficient (Wildman–Crippen LogP) is 1.01. The molecule has 1 amide bonds. The summed E-state index contributed by atoms with van der Waals surface area (Å²) < 4.78 is 1.65. The molecule has 0 saturated heterocycles. The molecule has 1 aliphatic carbocycles. The lowest BCUT2D eigenvalue weighted by Gasteiger charge is -2.29. The van der Waals surface area contributed by atoms with Crippen molar-refractivity contribution in [3.63, 3.8) is 0 Å². The fourth-order valence-corrected chi connectivity index (χ4v) is 2.19. The van der Waals surface area contributed by atoms with E-state index in [9.17, 15) is 4.79 Å². The van der Waals surface area contributed by atoms with Gasteiger partial charge in [-0.1, -0.05) is 0 Å². The summed E-state index contributed by atoms with van der Waals surface area (Å²) in [5.74, 6) is 0.448. The molecule has 1 aromatic heterocycles. The molecule has 0 aliphatic heterocycles. The average Bonchev–Trinajstić information content (AvgIpc) is 3.05. The standard InChI is InChI=1S/C12H20N4O.ClH/c1-8-10(6-16(3)15-8)11(17)14-12(2,7-13)9-4-5-9;/h6,9H,4-5,7,13H2,1-3H3,(H,14,17);1H. The highest BCUT2D eigenvalue weighted by Crippen LogP contribution is 2.39. The maximum Gasteiger partial charge on any atom is 0.255 e. The number of carbonyl (C=O) groups excluding carboxylic acids is 1. The molecule has 18 heavy (non-hydrogen) atoms. The van der Waals surface area contributed by atoms with Crippen molar-refractivity contribution >= 4 is 18.3 Å². The van der Waals surface area contributed by atoms with Crippen LogP contribution in [-0.4, -0.2) is 27.8 Å². The highest BCUT2D eigenvalue weighted by Gasteiger charge is 2.41. The van der Waals surface area contributed by atoms with Crippen LogP contribution in [0.15, 0.2) is 6.20 Å². The van der Waals surface area contributed by atoms with Crippen LogP contribution in [0.25, 0.3) is 0 Å². The van der Waals surface area contributed by atoms with Crippen molar-refractivity contribution in [3.05, 3.63) is 17.5 Å². The first-order valence-corrected chi connectivity index (χ1v) is 5.99. The number of nitrogens with two attached hydrogens (primary N) is 1. The molecule has 1 saturated carbocycles. The van der Waals surface area contributed by atoms with E-state index in [2.05, 4.69) is 10.4 Å². The fraction of sp³-hybridized carbons (Fsp3) is 0.667. The second kappa shape index (κ2) is 5.28. The quantitative estimate of drug-likeness (QED) is 0.859. The first kappa shape index (κ1) is 15.0. The first-order valence-electron chi connectivity index (χ1n) is 5.99. The molecular weight excluding hydrogens is 252 g/mol. The molecule has 102 valence electrons. The van der Waals surface area contributed by atoms with Gasteiger partial charge >= 0.3 is 0 Å². The third-order valence-corrected chi connectivity index (χ3v) is 3.56. The molecule has 0 aromatic carbocycles. The summed E-state index contributed by atoms with van der Waals surface area (Å²) >= 11 is 0. The number of rotatable bonds is 4. The van der Waals surface area contributed by atoms with Gasteiger partial charge in [0.1, 0.15) is 0 Å². The van der Waals surface area contributed by atoms with Crippen molar-refractivity contribution in [1.29, 1.82) is 0 Å². The molecule has 1 fully saturated rings. The van der Waals surface area contributed by atoms with Crippen molar-refractivity contribution in [2.75, 3.05) is 6.54 Å². The average molecular weight is 273 g/mol. The molecule has 3 N–H and O–H groups in total. The van der Waals surface area contributed by atoms with Gasteiger partial charge in [0.25, 0.3) is 5.91 Å². The van der Waals surface area contributed by atoms with Gasteiger partial charge in [0.2, 0.25) is 0 Å². The van der Waals surface area contributed by atoms with Gasteiger partial charge in [-0.05, 0) is 32.6 Å². The van der Waals surface area contributed by atoms with Crippen LogP contribution in [0.1, 0.15) is 35.8 Å². The van der Waals surface area contributed by atoms with Crippen LogP contribution in [0.5, 0.6) is 0 Å². The molecule has 0 bridgehead atoms. The van der Waals surface area contributed by atoms with E-state index in [1.54, 1.807) is 10.9 Å². The van der Waals surface area contributed by atoms with Gasteiger partial charge < -0.3 is 11.1 Å². The number of nitrogens with zero attached hydrogens (tertiary/aromatic N) is 2. The molecule has 0 spiro atoms. The number of amides is 1. The van der Waals surface area contributed by atoms with E-state index in [1.807, 2.05) is 20.9 Å². The minimum Gasteiger partial charge on any atom is -0.345 e. The lowest BCUT2D eigenvalue weighted by molar-refractivity contribution is 0.0897. The Hall–Kier alpha value is -1.07. The summed E-state index contributed by atoms with van der Waals surface area (Å²) in [6, 6.07) is 0. The van der Waals surface area contributed by atoms with Gasteiger partial charge in [-0.15, -0.1) is 12.4 Å². The van der Waals surface area contributed by atoms with E-state index in [-0.39, 0.29) is 23.9 Å². The minimum absolute atomic E-state index is 0. The van der Waals surface area contributed by atoms with E-state index in [4.69, 9.17) is 5.73 Å². The van der Waals surface area contributed by atoms with E-state index in [0.717, 1.165) is 18.5 Å². The molecule has 1 unspecified atom stereocenters. The van der Waals surface area contributed by atoms with E-state index < -0.39 is 0 Å². The van der Waals surface area contributed by atoms with Crippen LogP contribution in [0.2, 0.25) is 0 Å². The van der Waals surface area contributed by atoms with Gasteiger partial charge in [0, 0.05) is 19.8 Å². The molecule has 1 atom stereocenters. The second-order valence-corrected chi connectivity index (χ2v) is 5.15. The molecule has 5 nitrogen and oxygen atoms in total. The summed E-state index contributed by atoms with van der Waals surface area (Å²) in [5.41, 5.74) is 6.89. The molecular formula is C12H21ClN4O. The molecule has 6 heteroatoms. The number of nitrogens with one attached hydrogen (secondary N) is 1. The Balaban J connectivity index is 0.00000162. The number of hydrogen-bond donors (Lipinski definition) is 2. The zero-order valence-corrected chi connectivity index (χ0v) is 11.9. The van der Waals surface area contributed by atoms with Gasteiger partial charge in [0.05, 0.1) is 16.8 Å². The Morgan fingerprint density at radius 3 is 2.67 bits per heavy atom. The minimum atomic E-state index is -0.278. The van der Waals surface area contributed by atoms with Crippen LogP contribution in [-0.2, 0) is 7.05 Å². The van der Waals surface area contributed by atoms with Crippen molar-refractivity contribution in [3.8, 4) is 0 Å². The van der Waals surface area contributed by atoms with Gasteiger partial charge in [-0.3, -0.25) is 9.48 Å². The van der Waals surface area contributed by atoms with Gasteiger partial charge in [-0.25, -0.2) is 0 Å². The summed E-state index contributed by atoms with van der Waals surface area (Å²) in [6.07, 6.45) is 4.05. The Morgan fingerprint density at radius 1 is 1.67 bits per heavy atom. The highest BCUT2D eigenvalue weighted by molar-refractivity contribution is 5.95. The third kappa shape index (κ3) is 2.84. The second-order valence-electron chi connectivity index (χ2n) is 5.15. The Kier molecular flexibility index (Phi) is 4.40. The SMILES string of the molecule is Cc1nn(C)cc1C(=O)NC(C)(CN)C1CC1.Cl. The fourth-order valence-electron chi connectivity index (χ4n) is 2.19. The molecule has 1 aromatic rings. The van der Waals surface area contributed by atoms with Crippen LogP contribution in [0, 0.1) is 12.8 Å². The summed E-state index contributed by atoms with van der Waals surface area (Å²) in [7, 11) is 1.81. The summed E-state index contributed by atoms with van der Waals surface area (Å²) in [5, 5.41) is 7.23.